The maximum atomic E-state index is 12.8. The fourth-order valence-corrected chi connectivity index (χ4v) is 2.89. The first kappa shape index (κ1) is 15.3. The Kier molecular flexibility index (Phi) is 3.94. The number of hydrogen-bond donors (Lipinski definition) is 2. The van der Waals surface area contributed by atoms with Gasteiger partial charge in [-0.3, -0.25) is 9.79 Å². The van der Waals surface area contributed by atoms with Crippen LogP contribution in [0.25, 0.3) is 10.9 Å². The highest BCUT2D eigenvalue weighted by Crippen LogP contribution is 2.27. The van der Waals surface area contributed by atoms with E-state index < -0.39 is 0 Å². The minimum Gasteiger partial charge on any atom is -0.506 e. The predicted molar refractivity (Wildman–Crippen MR) is 93.2 cm³/mol. The molecule has 5 nitrogen and oxygen atoms in total. The van der Waals surface area contributed by atoms with Crippen LogP contribution in [-0.2, 0) is 7.05 Å². The highest BCUT2D eigenvalue weighted by molar-refractivity contribution is 6.13. The molecule has 120 valence electrons. The molecule has 1 atom stereocenters. The van der Waals surface area contributed by atoms with E-state index in [1.807, 2.05) is 44.2 Å². The van der Waals surface area contributed by atoms with Gasteiger partial charge in [0.15, 0.2) is 0 Å². The van der Waals surface area contributed by atoms with Crippen LogP contribution in [0.2, 0.25) is 0 Å². The number of para-hydroxylation sites is 1. The third-order valence-corrected chi connectivity index (χ3v) is 4.21. The van der Waals surface area contributed by atoms with Crippen LogP contribution in [0.4, 0.5) is 0 Å². The summed E-state index contributed by atoms with van der Waals surface area (Å²) < 4.78 is 1.56. The van der Waals surface area contributed by atoms with E-state index >= 15 is 0 Å². The number of pyridine rings is 1. The van der Waals surface area contributed by atoms with Crippen molar-refractivity contribution in [3.63, 3.8) is 0 Å². The zero-order chi connectivity index (χ0) is 16.6. The Morgan fingerprint density at radius 2 is 2.13 bits per heavy atom. The minimum atomic E-state index is -0.235. The van der Waals surface area contributed by atoms with Crippen molar-refractivity contribution in [2.45, 2.75) is 26.3 Å². The van der Waals surface area contributed by atoms with E-state index in [0.29, 0.717) is 16.6 Å². The number of aromatic hydroxyl groups is 1. The Hall–Kier alpha value is -2.56. The van der Waals surface area contributed by atoms with Gasteiger partial charge in [-0.15, -0.1) is 0 Å². The monoisotopic (exact) mass is 311 g/mol. The summed E-state index contributed by atoms with van der Waals surface area (Å²) in [6.45, 7) is 4.75. The average molecular weight is 311 g/mol. The van der Waals surface area contributed by atoms with Gasteiger partial charge >= 0.3 is 0 Å². The van der Waals surface area contributed by atoms with Crippen LogP contribution in [0, 0.1) is 0 Å². The zero-order valence-corrected chi connectivity index (χ0v) is 13.6. The Balaban J connectivity index is 2.33. The maximum absolute atomic E-state index is 12.8. The molecule has 2 heterocycles. The molecule has 1 aromatic heterocycles. The molecule has 2 N–H and O–H groups in total. The zero-order valence-electron chi connectivity index (χ0n) is 13.6. The number of aromatic nitrogens is 1. The standard InChI is InChI=1S/C18H21N3O2/c1-4-12-9-14(20-11(2)10-19-12)16-17(22)13-7-5-6-8-15(13)21(3)18(16)23/h5-9,11,19,22H,4,10H2,1-3H3. The number of aliphatic imine (C=N–C) groups is 1. The summed E-state index contributed by atoms with van der Waals surface area (Å²) in [6, 6.07) is 7.37. The summed E-state index contributed by atoms with van der Waals surface area (Å²) in [4.78, 5) is 17.4. The Labute approximate surface area is 135 Å². The predicted octanol–water partition coefficient (Wildman–Crippen LogP) is 2.32. The molecule has 0 spiro atoms. The number of nitrogens with one attached hydrogen (secondary N) is 1. The summed E-state index contributed by atoms with van der Waals surface area (Å²) in [6.07, 6.45) is 2.69. The molecule has 0 amide bonds. The fourth-order valence-electron chi connectivity index (χ4n) is 2.89. The first-order valence-electron chi connectivity index (χ1n) is 7.86. The molecule has 0 saturated carbocycles. The van der Waals surface area contributed by atoms with E-state index in [2.05, 4.69) is 10.3 Å². The summed E-state index contributed by atoms with van der Waals surface area (Å²) in [5, 5.41) is 14.7. The van der Waals surface area contributed by atoms with Gasteiger partial charge in [-0.25, -0.2) is 0 Å². The van der Waals surface area contributed by atoms with Gasteiger partial charge in [0.1, 0.15) is 11.3 Å². The van der Waals surface area contributed by atoms with Crippen molar-refractivity contribution in [3.05, 3.63) is 52.0 Å². The van der Waals surface area contributed by atoms with Crippen molar-refractivity contribution in [1.82, 2.24) is 9.88 Å². The topological polar surface area (TPSA) is 66.6 Å². The average Bonchev–Trinajstić information content (AvgIpc) is 2.74. The third-order valence-electron chi connectivity index (χ3n) is 4.21. The van der Waals surface area contributed by atoms with Crippen LogP contribution in [0.1, 0.15) is 25.8 Å². The second-order valence-corrected chi connectivity index (χ2v) is 5.87. The molecule has 1 unspecified atom stereocenters. The number of hydrogen-bond acceptors (Lipinski definition) is 4. The molecule has 23 heavy (non-hydrogen) atoms. The molecule has 1 aliphatic heterocycles. The number of benzene rings is 1. The Morgan fingerprint density at radius 3 is 2.87 bits per heavy atom. The third kappa shape index (κ3) is 2.63. The largest absolute Gasteiger partial charge is 0.506 e. The van der Waals surface area contributed by atoms with Crippen molar-refractivity contribution in [1.29, 1.82) is 0 Å². The van der Waals surface area contributed by atoms with E-state index in [4.69, 9.17) is 0 Å². The quantitative estimate of drug-likeness (QED) is 0.894. The molecule has 1 aromatic carbocycles. The first-order valence-corrected chi connectivity index (χ1v) is 7.86. The Morgan fingerprint density at radius 1 is 1.39 bits per heavy atom. The van der Waals surface area contributed by atoms with Gasteiger partial charge in [0.05, 0.1) is 17.3 Å². The summed E-state index contributed by atoms with van der Waals surface area (Å²) in [5.41, 5.74) is 2.30. The van der Waals surface area contributed by atoms with Gasteiger partial charge in [-0.1, -0.05) is 19.1 Å². The minimum absolute atomic E-state index is 0.00301. The molecular formula is C18H21N3O2. The van der Waals surface area contributed by atoms with Gasteiger partial charge in [0.2, 0.25) is 0 Å². The number of nitrogens with zero attached hydrogens (tertiary/aromatic N) is 2. The summed E-state index contributed by atoms with van der Waals surface area (Å²) in [5.74, 6) is 0.00301. The van der Waals surface area contributed by atoms with Crippen molar-refractivity contribution in [3.8, 4) is 5.75 Å². The lowest BCUT2D eigenvalue weighted by Crippen LogP contribution is -2.25. The van der Waals surface area contributed by atoms with Gasteiger partial charge in [0, 0.05) is 24.7 Å². The molecule has 0 aliphatic carbocycles. The lowest BCUT2D eigenvalue weighted by atomic mass is 10.0. The smallest absolute Gasteiger partial charge is 0.264 e. The van der Waals surface area contributed by atoms with Crippen LogP contribution in [0.3, 0.4) is 0 Å². The number of aryl methyl sites for hydroxylation is 1. The lowest BCUT2D eigenvalue weighted by molar-refractivity contribution is 0.478. The number of allylic oxidation sites excluding steroid dienone is 2. The second-order valence-electron chi connectivity index (χ2n) is 5.87. The van der Waals surface area contributed by atoms with E-state index in [-0.39, 0.29) is 22.9 Å². The second kappa shape index (κ2) is 5.91. The molecule has 1 aliphatic rings. The molecule has 0 saturated heterocycles. The fraction of sp³-hybridized carbons (Fsp3) is 0.333. The highest BCUT2D eigenvalue weighted by Gasteiger charge is 2.20. The maximum Gasteiger partial charge on any atom is 0.264 e. The van der Waals surface area contributed by atoms with Gasteiger partial charge < -0.3 is 15.0 Å². The molecule has 3 rings (SSSR count). The van der Waals surface area contributed by atoms with Gasteiger partial charge in [-0.05, 0) is 31.6 Å². The van der Waals surface area contributed by atoms with Crippen LogP contribution in [0.5, 0.6) is 5.75 Å². The Bertz CT molecular complexity index is 878. The van der Waals surface area contributed by atoms with Crippen molar-refractivity contribution >= 4 is 16.6 Å². The summed E-state index contributed by atoms with van der Waals surface area (Å²) in [7, 11) is 1.72. The van der Waals surface area contributed by atoms with Crippen molar-refractivity contribution in [2.75, 3.05) is 6.54 Å². The molecule has 0 fully saturated rings. The van der Waals surface area contributed by atoms with E-state index in [1.54, 1.807) is 11.6 Å². The molecule has 2 aromatic rings. The molecule has 0 bridgehead atoms. The van der Waals surface area contributed by atoms with E-state index in [9.17, 15) is 9.90 Å². The van der Waals surface area contributed by atoms with E-state index in [1.165, 1.54) is 0 Å². The van der Waals surface area contributed by atoms with Gasteiger partial charge in [-0.2, -0.15) is 0 Å². The molecule has 5 heteroatoms. The van der Waals surface area contributed by atoms with Gasteiger partial charge in [0.25, 0.3) is 5.56 Å². The van der Waals surface area contributed by atoms with Crippen LogP contribution < -0.4 is 10.9 Å². The SMILES string of the molecule is CCC1=CC(c2c(O)c3ccccc3n(C)c2=O)=NC(C)CN1. The lowest BCUT2D eigenvalue weighted by Gasteiger charge is -2.12. The van der Waals surface area contributed by atoms with Crippen LogP contribution >= 0.6 is 0 Å². The molecular weight excluding hydrogens is 290 g/mol. The number of rotatable bonds is 2. The highest BCUT2D eigenvalue weighted by atomic mass is 16.3. The summed E-state index contributed by atoms with van der Waals surface area (Å²) >= 11 is 0. The van der Waals surface area contributed by atoms with Crippen LogP contribution in [0.15, 0.2) is 45.8 Å². The first-order chi connectivity index (χ1) is 11.0. The normalized spacial score (nSPS) is 18.1. The number of fused-ring (bicyclic) bond motifs is 1. The molecule has 0 radical (unpaired) electrons. The van der Waals surface area contributed by atoms with Crippen LogP contribution in [-0.4, -0.2) is 28.0 Å². The van der Waals surface area contributed by atoms with Crippen molar-refractivity contribution in [2.24, 2.45) is 12.0 Å². The van der Waals surface area contributed by atoms with E-state index in [0.717, 1.165) is 18.7 Å². The van der Waals surface area contributed by atoms with Crippen molar-refractivity contribution < 1.29 is 5.11 Å².